The van der Waals surface area contributed by atoms with E-state index >= 15 is 0 Å². The molecular formula is C13H25N5O. The van der Waals surface area contributed by atoms with Crippen molar-refractivity contribution in [2.75, 3.05) is 13.1 Å². The minimum Gasteiger partial charge on any atom is -0.369 e. The Morgan fingerprint density at radius 1 is 1.26 bits per heavy atom. The van der Waals surface area contributed by atoms with Crippen molar-refractivity contribution in [2.24, 2.45) is 16.1 Å². The maximum Gasteiger partial charge on any atom is 0.225 e. The van der Waals surface area contributed by atoms with Gasteiger partial charge in [0.1, 0.15) is 0 Å². The Morgan fingerprint density at radius 3 is 2.47 bits per heavy atom. The Hall–Kier alpha value is -1.77. The van der Waals surface area contributed by atoms with E-state index in [2.05, 4.69) is 15.6 Å². The Balaban J connectivity index is 3.45. The lowest BCUT2D eigenvalue weighted by atomic mass is 9.96. The van der Waals surface area contributed by atoms with Gasteiger partial charge in [-0.3, -0.25) is 15.1 Å². The summed E-state index contributed by atoms with van der Waals surface area (Å²) < 4.78 is 0. The number of carbonyl (C=O) groups is 1. The van der Waals surface area contributed by atoms with E-state index in [-0.39, 0.29) is 17.3 Å². The summed E-state index contributed by atoms with van der Waals surface area (Å²) in [5.41, 5.74) is 5.07. The zero-order valence-electron chi connectivity index (χ0n) is 12.1. The van der Waals surface area contributed by atoms with Gasteiger partial charge in [-0.1, -0.05) is 33.6 Å². The van der Waals surface area contributed by atoms with Crippen LogP contribution in [0.5, 0.6) is 0 Å². The highest BCUT2D eigenvalue weighted by molar-refractivity contribution is 5.81. The van der Waals surface area contributed by atoms with Crippen LogP contribution in [0, 0.1) is 16.9 Å². The molecule has 0 spiro atoms. The molecule has 0 aromatic rings. The number of hydrogen-bond acceptors (Lipinski definition) is 3. The van der Waals surface area contributed by atoms with Crippen LogP contribution in [0.4, 0.5) is 0 Å². The van der Waals surface area contributed by atoms with Crippen molar-refractivity contribution in [3.63, 3.8) is 0 Å². The van der Waals surface area contributed by atoms with Crippen LogP contribution in [-0.2, 0) is 4.79 Å². The summed E-state index contributed by atoms with van der Waals surface area (Å²) in [7, 11) is 0. The molecule has 0 aromatic carbocycles. The third-order valence-electron chi connectivity index (χ3n) is 2.52. The summed E-state index contributed by atoms with van der Waals surface area (Å²) in [6, 6.07) is 0. The van der Waals surface area contributed by atoms with Crippen molar-refractivity contribution in [3.05, 3.63) is 0 Å². The van der Waals surface area contributed by atoms with Crippen LogP contribution in [0.2, 0.25) is 0 Å². The van der Waals surface area contributed by atoms with E-state index < -0.39 is 0 Å². The fraction of sp³-hybridized carbons (Fsp3) is 0.769. The number of hydrogen-bond donors (Lipinski definition) is 3. The molecule has 19 heavy (non-hydrogen) atoms. The molecule has 6 heteroatoms. The van der Waals surface area contributed by atoms with Gasteiger partial charge in [-0.25, -0.2) is 0 Å². The predicted molar refractivity (Wildman–Crippen MR) is 76.2 cm³/mol. The molecule has 0 aliphatic rings. The van der Waals surface area contributed by atoms with Gasteiger partial charge in [-0.2, -0.15) is 5.26 Å². The monoisotopic (exact) mass is 267 g/mol. The van der Waals surface area contributed by atoms with Gasteiger partial charge < -0.3 is 11.1 Å². The molecule has 4 N–H and O–H groups in total. The van der Waals surface area contributed by atoms with Gasteiger partial charge in [0.15, 0.2) is 6.19 Å². The summed E-state index contributed by atoms with van der Waals surface area (Å²) in [5.74, 6) is 0.257. The molecule has 0 aliphatic carbocycles. The summed E-state index contributed by atoms with van der Waals surface area (Å²) >= 11 is 0. The van der Waals surface area contributed by atoms with E-state index in [4.69, 9.17) is 11.0 Å². The second kappa shape index (κ2) is 9.20. The standard InChI is InChI=1S/C13H25N5O/c1-13(2,3)11(19)16-8-6-4-5-7-9-17-12(15)18-10-14/h4-9H2,1-3H3,(H,16,19)(H3,15,17,18). The average Bonchev–Trinajstić information content (AvgIpc) is 2.31. The molecule has 0 bridgehead atoms. The zero-order chi connectivity index (χ0) is 14.7. The molecule has 0 aliphatic heterocycles. The highest BCUT2D eigenvalue weighted by atomic mass is 16.2. The first-order chi connectivity index (χ1) is 8.88. The van der Waals surface area contributed by atoms with Crippen molar-refractivity contribution >= 4 is 11.9 Å². The minimum atomic E-state index is -0.319. The maximum atomic E-state index is 11.6. The number of nitrogens with one attached hydrogen (secondary N) is 2. The van der Waals surface area contributed by atoms with E-state index in [9.17, 15) is 4.79 Å². The van der Waals surface area contributed by atoms with E-state index in [0.29, 0.717) is 6.54 Å². The summed E-state index contributed by atoms with van der Waals surface area (Å²) in [6.45, 7) is 7.05. The second-order valence-electron chi connectivity index (χ2n) is 5.42. The summed E-state index contributed by atoms with van der Waals surface area (Å²) in [5, 5.41) is 13.5. The lowest BCUT2D eigenvalue weighted by Gasteiger charge is -2.17. The van der Waals surface area contributed by atoms with E-state index in [1.165, 1.54) is 0 Å². The third kappa shape index (κ3) is 9.89. The van der Waals surface area contributed by atoms with Gasteiger partial charge in [0.05, 0.1) is 0 Å². The van der Waals surface area contributed by atoms with Crippen LogP contribution in [0.25, 0.3) is 0 Å². The van der Waals surface area contributed by atoms with Gasteiger partial charge >= 0.3 is 0 Å². The van der Waals surface area contributed by atoms with E-state index in [1.54, 1.807) is 6.19 Å². The highest BCUT2D eigenvalue weighted by Crippen LogP contribution is 2.12. The number of aliphatic imine (C=N–C) groups is 1. The molecule has 0 saturated heterocycles. The van der Waals surface area contributed by atoms with Crippen molar-refractivity contribution in [1.82, 2.24) is 10.6 Å². The number of nitriles is 1. The van der Waals surface area contributed by atoms with Crippen LogP contribution in [0.15, 0.2) is 4.99 Å². The Kier molecular flexibility index (Phi) is 8.34. The van der Waals surface area contributed by atoms with Crippen LogP contribution in [0.3, 0.4) is 0 Å². The summed E-state index contributed by atoms with van der Waals surface area (Å²) in [6.07, 6.45) is 5.70. The average molecular weight is 267 g/mol. The third-order valence-corrected chi connectivity index (χ3v) is 2.52. The van der Waals surface area contributed by atoms with Crippen molar-refractivity contribution in [2.45, 2.75) is 46.5 Å². The van der Waals surface area contributed by atoms with Crippen LogP contribution in [-0.4, -0.2) is 25.0 Å². The molecule has 0 rings (SSSR count). The molecule has 0 radical (unpaired) electrons. The fourth-order valence-electron chi connectivity index (χ4n) is 1.35. The fourth-order valence-corrected chi connectivity index (χ4v) is 1.35. The van der Waals surface area contributed by atoms with Gasteiger partial charge in [-0.15, -0.1) is 0 Å². The molecule has 0 saturated carbocycles. The Labute approximate surface area is 115 Å². The Morgan fingerprint density at radius 2 is 1.89 bits per heavy atom. The number of guanidine groups is 1. The van der Waals surface area contributed by atoms with Gasteiger partial charge in [0.25, 0.3) is 0 Å². The van der Waals surface area contributed by atoms with Gasteiger partial charge in [-0.05, 0) is 12.8 Å². The topological polar surface area (TPSA) is 103 Å². The van der Waals surface area contributed by atoms with E-state index in [1.807, 2.05) is 20.8 Å². The van der Waals surface area contributed by atoms with E-state index in [0.717, 1.165) is 32.2 Å². The normalized spacial score (nSPS) is 11.8. The number of nitrogens with two attached hydrogens (primary N) is 1. The lowest BCUT2D eigenvalue weighted by Crippen LogP contribution is -2.35. The number of amides is 1. The number of nitrogens with zero attached hydrogens (tertiary/aromatic N) is 2. The number of carbonyl (C=O) groups excluding carboxylic acids is 1. The first-order valence-corrected chi connectivity index (χ1v) is 6.61. The van der Waals surface area contributed by atoms with Crippen molar-refractivity contribution in [1.29, 1.82) is 5.26 Å². The van der Waals surface area contributed by atoms with Crippen molar-refractivity contribution in [3.8, 4) is 6.19 Å². The number of unbranched alkanes of at least 4 members (excludes halogenated alkanes) is 3. The largest absolute Gasteiger partial charge is 0.369 e. The minimum absolute atomic E-state index is 0.0902. The molecule has 0 fully saturated rings. The summed E-state index contributed by atoms with van der Waals surface area (Å²) in [4.78, 5) is 15.5. The highest BCUT2D eigenvalue weighted by Gasteiger charge is 2.19. The molecule has 0 atom stereocenters. The molecule has 6 nitrogen and oxygen atoms in total. The second-order valence-corrected chi connectivity index (χ2v) is 5.42. The zero-order valence-corrected chi connectivity index (χ0v) is 12.1. The first-order valence-electron chi connectivity index (χ1n) is 6.61. The first kappa shape index (κ1) is 17.2. The molecule has 1 amide bonds. The predicted octanol–water partition coefficient (Wildman–Crippen LogP) is 1.09. The van der Waals surface area contributed by atoms with Crippen molar-refractivity contribution < 1.29 is 4.79 Å². The SMILES string of the molecule is CC(C)(C)C(=O)NCCCCCCN=C(N)NC#N. The van der Waals surface area contributed by atoms with Crippen LogP contribution < -0.4 is 16.4 Å². The smallest absolute Gasteiger partial charge is 0.225 e. The lowest BCUT2D eigenvalue weighted by molar-refractivity contribution is -0.128. The quantitative estimate of drug-likeness (QED) is 0.211. The molecule has 0 aromatic heterocycles. The Bertz CT molecular complexity index is 338. The molecular weight excluding hydrogens is 242 g/mol. The van der Waals surface area contributed by atoms with Gasteiger partial charge in [0, 0.05) is 18.5 Å². The molecule has 108 valence electrons. The maximum absolute atomic E-state index is 11.6. The molecule has 0 unspecified atom stereocenters. The van der Waals surface area contributed by atoms with Crippen LogP contribution in [0.1, 0.15) is 46.5 Å². The van der Waals surface area contributed by atoms with Crippen LogP contribution >= 0.6 is 0 Å². The molecule has 0 heterocycles. The number of rotatable bonds is 7. The van der Waals surface area contributed by atoms with Gasteiger partial charge in [0.2, 0.25) is 11.9 Å².